The minimum atomic E-state index is -0.703. The largest absolute Gasteiger partial charge is 0.390 e. The Morgan fingerprint density at radius 2 is 2.41 bits per heavy atom. The lowest BCUT2D eigenvalue weighted by Gasteiger charge is -2.31. The van der Waals surface area contributed by atoms with Crippen LogP contribution in [0.25, 0.3) is 0 Å². The minimum Gasteiger partial charge on any atom is -0.390 e. The molecule has 0 spiro atoms. The third-order valence-corrected chi connectivity index (χ3v) is 3.31. The second-order valence-corrected chi connectivity index (χ2v) is 5.41. The average Bonchev–Trinajstić information content (AvgIpc) is 2.63. The van der Waals surface area contributed by atoms with E-state index >= 15 is 0 Å². The molecule has 0 aliphatic carbocycles. The number of aliphatic hydroxyl groups is 1. The van der Waals surface area contributed by atoms with Crippen molar-refractivity contribution in [3.8, 4) is 0 Å². The number of rotatable bonds is 4. The van der Waals surface area contributed by atoms with E-state index in [-0.39, 0.29) is 0 Å². The number of piperidine rings is 1. The minimum absolute atomic E-state index is 0.440. The van der Waals surface area contributed by atoms with E-state index < -0.39 is 5.60 Å². The molecule has 5 nitrogen and oxygen atoms in total. The van der Waals surface area contributed by atoms with E-state index in [0.29, 0.717) is 12.5 Å². The van der Waals surface area contributed by atoms with E-state index in [1.165, 1.54) is 12.8 Å². The van der Waals surface area contributed by atoms with Crippen molar-refractivity contribution in [2.24, 2.45) is 7.05 Å². The first kappa shape index (κ1) is 12.5. The van der Waals surface area contributed by atoms with Crippen molar-refractivity contribution in [2.45, 2.75) is 50.7 Å². The molecule has 0 amide bonds. The zero-order chi connectivity index (χ0) is 12.3. The van der Waals surface area contributed by atoms with Gasteiger partial charge in [0.1, 0.15) is 0 Å². The Morgan fingerprint density at radius 3 is 3.00 bits per heavy atom. The molecule has 1 fully saturated rings. The van der Waals surface area contributed by atoms with Crippen LogP contribution in [0.3, 0.4) is 0 Å². The van der Waals surface area contributed by atoms with Crippen LogP contribution in [0.2, 0.25) is 0 Å². The van der Waals surface area contributed by atoms with Gasteiger partial charge in [-0.1, -0.05) is 11.6 Å². The summed E-state index contributed by atoms with van der Waals surface area (Å²) < 4.78 is 1.67. The van der Waals surface area contributed by atoms with Gasteiger partial charge >= 0.3 is 0 Å². The highest BCUT2D eigenvalue weighted by molar-refractivity contribution is 4.99. The topological polar surface area (TPSA) is 63.0 Å². The third kappa shape index (κ3) is 3.78. The van der Waals surface area contributed by atoms with Crippen molar-refractivity contribution in [3.63, 3.8) is 0 Å². The Kier molecular flexibility index (Phi) is 3.79. The molecular weight excluding hydrogens is 216 g/mol. The van der Waals surface area contributed by atoms with Gasteiger partial charge in [0.05, 0.1) is 11.3 Å². The molecule has 5 heteroatoms. The molecule has 2 atom stereocenters. The average molecular weight is 238 g/mol. The number of aromatic nitrogens is 3. The molecule has 2 heterocycles. The van der Waals surface area contributed by atoms with Gasteiger partial charge in [-0.2, -0.15) is 0 Å². The van der Waals surface area contributed by atoms with Gasteiger partial charge in [0.15, 0.2) is 0 Å². The number of aryl methyl sites for hydroxylation is 1. The Morgan fingerprint density at radius 1 is 1.59 bits per heavy atom. The molecule has 17 heavy (non-hydrogen) atoms. The molecule has 0 saturated carbocycles. The monoisotopic (exact) mass is 238 g/mol. The van der Waals surface area contributed by atoms with Gasteiger partial charge in [-0.3, -0.25) is 4.68 Å². The van der Waals surface area contributed by atoms with E-state index in [1.807, 2.05) is 20.2 Å². The molecule has 1 aromatic rings. The summed E-state index contributed by atoms with van der Waals surface area (Å²) in [5.41, 5.74) is 0.152. The van der Waals surface area contributed by atoms with Crippen LogP contribution in [-0.2, 0) is 13.5 Å². The maximum Gasteiger partial charge on any atom is 0.0855 e. The molecule has 2 rings (SSSR count). The second kappa shape index (κ2) is 5.14. The van der Waals surface area contributed by atoms with Crippen LogP contribution in [0.1, 0.15) is 38.3 Å². The van der Waals surface area contributed by atoms with Crippen molar-refractivity contribution in [1.82, 2.24) is 20.3 Å². The first-order valence-electron chi connectivity index (χ1n) is 6.36. The smallest absolute Gasteiger partial charge is 0.0855 e. The Hall–Kier alpha value is -0.940. The lowest BCUT2D eigenvalue weighted by atomic mass is 9.88. The maximum absolute atomic E-state index is 10.4. The highest BCUT2D eigenvalue weighted by Gasteiger charge is 2.27. The van der Waals surface area contributed by atoms with Crippen molar-refractivity contribution < 1.29 is 5.11 Å². The molecular formula is C12H22N4O. The van der Waals surface area contributed by atoms with Gasteiger partial charge in [-0.15, -0.1) is 5.10 Å². The van der Waals surface area contributed by atoms with E-state index in [2.05, 4.69) is 15.6 Å². The summed E-state index contributed by atoms with van der Waals surface area (Å²) in [7, 11) is 1.84. The van der Waals surface area contributed by atoms with Gasteiger partial charge in [-0.25, -0.2) is 0 Å². The summed E-state index contributed by atoms with van der Waals surface area (Å²) in [6.07, 6.45) is 6.89. The first-order valence-corrected chi connectivity index (χ1v) is 6.36. The van der Waals surface area contributed by atoms with Crippen molar-refractivity contribution in [1.29, 1.82) is 0 Å². The number of nitrogens with one attached hydrogen (secondary N) is 1. The molecule has 0 bridgehead atoms. The predicted octanol–water partition coefficient (Wildman–Crippen LogP) is 0.641. The van der Waals surface area contributed by atoms with E-state index in [0.717, 1.165) is 25.1 Å². The van der Waals surface area contributed by atoms with Gasteiger partial charge in [0, 0.05) is 25.7 Å². The van der Waals surface area contributed by atoms with Crippen LogP contribution >= 0.6 is 0 Å². The standard InChI is InChI=1S/C12H22N4O/c1-12(17,7-10-5-3-4-6-13-10)8-11-9-16(2)15-14-11/h9-10,13,17H,3-8H2,1-2H3. The summed E-state index contributed by atoms with van der Waals surface area (Å²) in [6, 6.07) is 0.440. The molecule has 0 radical (unpaired) electrons. The van der Waals surface area contributed by atoms with Crippen molar-refractivity contribution in [2.75, 3.05) is 6.54 Å². The second-order valence-electron chi connectivity index (χ2n) is 5.41. The van der Waals surface area contributed by atoms with Crippen LogP contribution in [-0.4, -0.2) is 38.3 Å². The highest BCUT2D eigenvalue weighted by atomic mass is 16.3. The van der Waals surface area contributed by atoms with E-state index in [4.69, 9.17) is 0 Å². The molecule has 1 saturated heterocycles. The van der Waals surface area contributed by atoms with Gasteiger partial charge in [0.2, 0.25) is 0 Å². The van der Waals surface area contributed by atoms with Crippen LogP contribution in [0.15, 0.2) is 6.20 Å². The quantitative estimate of drug-likeness (QED) is 0.808. The summed E-state index contributed by atoms with van der Waals surface area (Å²) in [5, 5.41) is 21.8. The zero-order valence-corrected chi connectivity index (χ0v) is 10.7. The van der Waals surface area contributed by atoms with Crippen LogP contribution < -0.4 is 5.32 Å². The zero-order valence-electron chi connectivity index (χ0n) is 10.7. The Labute approximate surface area is 102 Å². The molecule has 2 unspecified atom stereocenters. The fourth-order valence-corrected chi connectivity index (χ4v) is 2.57. The molecule has 1 aromatic heterocycles. The van der Waals surface area contributed by atoms with E-state index in [9.17, 15) is 5.11 Å². The van der Waals surface area contributed by atoms with Crippen LogP contribution in [0.4, 0.5) is 0 Å². The van der Waals surface area contributed by atoms with Crippen LogP contribution in [0, 0.1) is 0 Å². The maximum atomic E-state index is 10.4. The highest BCUT2D eigenvalue weighted by Crippen LogP contribution is 2.21. The molecule has 96 valence electrons. The number of nitrogens with zero attached hydrogens (tertiary/aromatic N) is 3. The van der Waals surface area contributed by atoms with E-state index in [1.54, 1.807) is 4.68 Å². The lowest BCUT2D eigenvalue weighted by molar-refractivity contribution is 0.0362. The normalized spacial score (nSPS) is 24.5. The molecule has 0 aromatic carbocycles. The summed E-state index contributed by atoms with van der Waals surface area (Å²) in [5.74, 6) is 0. The molecule has 1 aliphatic heterocycles. The predicted molar refractivity (Wildman–Crippen MR) is 65.6 cm³/mol. The Bertz CT molecular complexity index is 355. The summed E-state index contributed by atoms with van der Waals surface area (Å²) >= 11 is 0. The third-order valence-electron chi connectivity index (χ3n) is 3.31. The molecule has 2 N–H and O–H groups in total. The number of hydrogen-bond acceptors (Lipinski definition) is 4. The Balaban J connectivity index is 1.88. The number of hydrogen-bond donors (Lipinski definition) is 2. The fraction of sp³-hybridized carbons (Fsp3) is 0.833. The van der Waals surface area contributed by atoms with Gasteiger partial charge < -0.3 is 10.4 Å². The van der Waals surface area contributed by atoms with Crippen molar-refractivity contribution >= 4 is 0 Å². The SMILES string of the molecule is Cn1cc(CC(C)(O)CC2CCCCN2)nn1. The van der Waals surface area contributed by atoms with Crippen LogP contribution in [0.5, 0.6) is 0 Å². The summed E-state index contributed by atoms with van der Waals surface area (Å²) in [4.78, 5) is 0. The first-order chi connectivity index (χ1) is 8.05. The van der Waals surface area contributed by atoms with Crippen molar-refractivity contribution in [3.05, 3.63) is 11.9 Å². The lowest BCUT2D eigenvalue weighted by Crippen LogP contribution is -2.41. The molecule has 1 aliphatic rings. The van der Waals surface area contributed by atoms with Gasteiger partial charge in [0.25, 0.3) is 0 Å². The summed E-state index contributed by atoms with van der Waals surface area (Å²) in [6.45, 7) is 2.96. The van der Waals surface area contributed by atoms with Gasteiger partial charge in [-0.05, 0) is 32.7 Å². The fourth-order valence-electron chi connectivity index (χ4n) is 2.57.